The van der Waals surface area contributed by atoms with Gasteiger partial charge in [-0.3, -0.25) is 9.59 Å². The van der Waals surface area contributed by atoms with Crippen LogP contribution in [0.5, 0.6) is 0 Å². The number of hydrogen-bond donors (Lipinski definition) is 2. The van der Waals surface area contributed by atoms with Crippen LogP contribution in [0.3, 0.4) is 0 Å². The smallest absolute Gasteiger partial charge is 0.253 e. The number of hydrogen-bond acceptors (Lipinski definition) is 4. The van der Waals surface area contributed by atoms with E-state index in [-0.39, 0.29) is 17.9 Å². The molecule has 4 rings (SSSR count). The first-order valence-electron chi connectivity index (χ1n) is 10.8. The Hall–Kier alpha value is -2.57. The number of carbonyl (C=O) groups excluding carboxylic acids is 2. The van der Waals surface area contributed by atoms with Gasteiger partial charge in [-0.1, -0.05) is 24.3 Å². The molecule has 2 aromatic rings. The Kier molecular flexibility index (Phi) is 6.78. The molecule has 31 heavy (non-hydrogen) atoms. The first kappa shape index (κ1) is 21.7. The van der Waals surface area contributed by atoms with E-state index in [1.165, 1.54) is 11.1 Å². The van der Waals surface area contributed by atoms with Crippen molar-refractivity contribution in [2.45, 2.75) is 44.2 Å². The Morgan fingerprint density at radius 2 is 2.03 bits per heavy atom. The zero-order valence-corrected chi connectivity index (χ0v) is 18.5. The number of nitrogens with zero attached hydrogens (tertiary/aromatic N) is 1. The molecule has 0 spiro atoms. The minimum absolute atomic E-state index is 0.0641. The minimum Gasteiger partial charge on any atom is -0.376 e. The molecule has 6 nitrogen and oxygen atoms in total. The molecule has 0 radical (unpaired) electrons. The van der Waals surface area contributed by atoms with Gasteiger partial charge in [0.2, 0.25) is 5.91 Å². The number of ether oxygens (including phenoxy) is 1. The van der Waals surface area contributed by atoms with E-state index in [1.807, 2.05) is 18.2 Å². The molecular weight excluding hydrogens is 414 g/mol. The summed E-state index contributed by atoms with van der Waals surface area (Å²) in [5.74, 6) is -0.466. The number of halogens is 1. The highest BCUT2D eigenvalue weighted by Crippen LogP contribution is 2.30. The summed E-state index contributed by atoms with van der Waals surface area (Å²) in [5.41, 5.74) is 4.57. The monoisotopic (exact) mass is 441 g/mol. The number of anilines is 2. The van der Waals surface area contributed by atoms with Gasteiger partial charge in [-0.15, -0.1) is 11.6 Å². The van der Waals surface area contributed by atoms with Crippen molar-refractivity contribution in [3.63, 3.8) is 0 Å². The van der Waals surface area contributed by atoms with E-state index >= 15 is 0 Å². The SMILES string of the molecule is CC(Cl)C(=O)Nc1ccc(N2CCc3ccccc3C2)c(C(=O)NCC2CCCO2)c1. The van der Waals surface area contributed by atoms with Crippen LogP contribution in [0.4, 0.5) is 11.4 Å². The molecule has 2 aliphatic rings. The maximum absolute atomic E-state index is 13.2. The van der Waals surface area contributed by atoms with Gasteiger partial charge in [0, 0.05) is 37.6 Å². The maximum atomic E-state index is 13.2. The largest absolute Gasteiger partial charge is 0.376 e. The van der Waals surface area contributed by atoms with Crippen molar-refractivity contribution in [2.75, 3.05) is 29.9 Å². The molecule has 1 saturated heterocycles. The molecular formula is C24H28ClN3O3. The topological polar surface area (TPSA) is 70.7 Å². The Bertz CT molecular complexity index is 957. The van der Waals surface area contributed by atoms with E-state index in [9.17, 15) is 9.59 Å². The first-order chi connectivity index (χ1) is 15.0. The fourth-order valence-corrected chi connectivity index (χ4v) is 4.18. The summed E-state index contributed by atoms with van der Waals surface area (Å²) in [6.45, 7) is 4.42. The standard InChI is InChI=1S/C24H28ClN3O3/c1-16(25)23(29)27-19-8-9-22(28-11-10-17-5-2-3-6-18(17)15-28)21(13-19)24(30)26-14-20-7-4-12-31-20/h2-3,5-6,8-9,13,16,20H,4,7,10-12,14-15H2,1H3,(H,26,30)(H,27,29). The second kappa shape index (κ2) is 9.71. The van der Waals surface area contributed by atoms with E-state index in [2.05, 4.69) is 33.7 Å². The highest BCUT2D eigenvalue weighted by molar-refractivity contribution is 6.32. The molecule has 2 N–H and O–H groups in total. The summed E-state index contributed by atoms with van der Waals surface area (Å²) in [4.78, 5) is 27.4. The van der Waals surface area contributed by atoms with Crippen LogP contribution < -0.4 is 15.5 Å². The van der Waals surface area contributed by atoms with Crippen molar-refractivity contribution >= 4 is 34.8 Å². The van der Waals surface area contributed by atoms with Crippen LogP contribution in [0.1, 0.15) is 41.3 Å². The average molecular weight is 442 g/mol. The van der Waals surface area contributed by atoms with Crippen molar-refractivity contribution in [3.8, 4) is 0 Å². The summed E-state index contributed by atoms with van der Waals surface area (Å²) >= 11 is 5.89. The van der Waals surface area contributed by atoms with Gasteiger partial charge < -0.3 is 20.3 Å². The highest BCUT2D eigenvalue weighted by atomic mass is 35.5. The van der Waals surface area contributed by atoms with Crippen LogP contribution in [-0.2, 0) is 22.5 Å². The quantitative estimate of drug-likeness (QED) is 0.670. The molecule has 164 valence electrons. The normalized spacial score (nSPS) is 18.9. The van der Waals surface area contributed by atoms with Crippen LogP contribution in [-0.4, -0.2) is 43.0 Å². The highest BCUT2D eigenvalue weighted by Gasteiger charge is 2.23. The molecule has 2 amide bonds. The molecule has 0 aliphatic carbocycles. The Balaban J connectivity index is 1.58. The fourth-order valence-electron chi connectivity index (χ4n) is 4.12. The van der Waals surface area contributed by atoms with Crippen LogP contribution >= 0.6 is 11.6 Å². The van der Waals surface area contributed by atoms with Crippen LogP contribution in [0.15, 0.2) is 42.5 Å². The zero-order chi connectivity index (χ0) is 21.8. The first-order valence-corrected chi connectivity index (χ1v) is 11.3. The third-order valence-corrected chi connectivity index (χ3v) is 6.05. The van der Waals surface area contributed by atoms with Crippen molar-refractivity contribution in [2.24, 2.45) is 0 Å². The van der Waals surface area contributed by atoms with Gasteiger partial charge in [-0.2, -0.15) is 0 Å². The Labute approximate surface area is 187 Å². The van der Waals surface area contributed by atoms with Gasteiger partial charge >= 0.3 is 0 Å². The average Bonchev–Trinajstić information content (AvgIpc) is 3.30. The fraction of sp³-hybridized carbons (Fsp3) is 0.417. The van der Waals surface area contributed by atoms with Crippen molar-refractivity contribution in [1.29, 1.82) is 0 Å². The number of rotatable bonds is 6. The second-order valence-corrected chi connectivity index (χ2v) is 8.78. The van der Waals surface area contributed by atoms with Gasteiger partial charge in [0.25, 0.3) is 5.91 Å². The van der Waals surface area contributed by atoms with Gasteiger partial charge in [-0.25, -0.2) is 0 Å². The molecule has 0 saturated carbocycles. The summed E-state index contributed by atoms with van der Waals surface area (Å²) < 4.78 is 5.63. The lowest BCUT2D eigenvalue weighted by molar-refractivity contribution is -0.115. The molecule has 0 aromatic heterocycles. The van der Waals surface area contributed by atoms with E-state index < -0.39 is 5.38 Å². The predicted octanol–water partition coefficient (Wildman–Crippen LogP) is 3.72. The molecule has 2 unspecified atom stereocenters. The minimum atomic E-state index is -0.657. The molecule has 2 heterocycles. The summed E-state index contributed by atoms with van der Waals surface area (Å²) in [7, 11) is 0. The molecule has 2 atom stereocenters. The van der Waals surface area contributed by atoms with E-state index in [0.29, 0.717) is 17.8 Å². The second-order valence-electron chi connectivity index (χ2n) is 8.12. The summed E-state index contributed by atoms with van der Waals surface area (Å²) in [5, 5.41) is 5.14. The summed E-state index contributed by atoms with van der Waals surface area (Å²) in [6, 6.07) is 13.9. The molecule has 7 heteroatoms. The molecule has 1 fully saturated rings. The van der Waals surface area contributed by atoms with Gasteiger partial charge in [0.15, 0.2) is 0 Å². The molecule has 0 bridgehead atoms. The summed E-state index contributed by atoms with van der Waals surface area (Å²) in [6.07, 6.45) is 2.97. The number of alkyl halides is 1. The number of benzene rings is 2. The third kappa shape index (κ3) is 5.20. The van der Waals surface area contributed by atoms with Crippen molar-refractivity contribution in [3.05, 3.63) is 59.2 Å². The van der Waals surface area contributed by atoms with Crippen molar-refractivity contribution in [1.82, 2.24) is 5.32 Å². The molecule has 2 aromatic carbocycles. The van der Waals surface area contributed by atoms with Gasteiger partial charge in [0.1, 0.15) is 5.38 Å². The number of fused-ring (bicyclic) bond motifs is 1. The lowest BCUT2D eigenvalue weighted by atomic mass is 9.98. The zero-order valence-electron chi connectivity index (χ0n) is 17.7. The Morgan fingerprint density at radius 3 is 2.77 bits per heavy atom. The Morgan fingerprint density at radius 1 is 1.23 bits per heavy atom. The maximum Gasteiger partial charge on any atom is 0.253 e. The van der Waals surface area contributed by atoms with Gasteiger partial charge in [-0.05, 0) is 55.5 Å². The van der Waals surface area contributed by atoms with E-state index in [1.54, 1.807) is 13.0 Å². The van der Waals surface area contributed by atoms with E-state index in [4.69, 9.17) is 16.3 Å². The van der Waals surface area contributed by atoms with Crippen LogP contribution in [0.2, 0.25) is 0 Å². The van der Waals surface area contributed by atoms with E-state index in [0.717, 1.165) is 44.6 Å². The third-order valence-electron chi connectivity index (χ3n) is 5.86. The number of amides is 2. The lowest BCUT2D eigenvalue weighted by Gasteiger charge is -2.32. The lowest BCUT2D eigenvalue weighted by Crippen LogP contribution is -2.35. The number of nitrogens with one attached hydrogen (secondary N) is 2. The van der Waals surface area contributed by atoms with Crippen LogP contribution in [0, 0.1) is 0 Å². The predicted molar refractivity (Wildman–Crippen MR) is 123 cm³/mol. The van der Waals surface area contributed by atoms with Gasteiger partial charge in [0.05, 0.1) is 11.7 Å². The number of carbonyl (C=O) groups is 2. The van der Waals surface area contributed by atoms with Crippen LogP contribution in [0.25, 0.3) is 0 Å². The molecule has 2 aliphatic heterocycles. The van der Waals surface area contributed by atoms with Crippen molar-refractivity contribution < 1.29 is 14.3 Å².